The van der Waals surface area contributed by atoms with Gasteiger partial charge in [-0.15, -0.1) is 5.10 Å². The van der Waals surface area contributed by atoms with E-state index in [2.05, 4.69) is 15.0 Å². The smallest absolute Gasteiger partial charge is 0.360 e. The Morgan fingerprint density at radius 2 is 2.05 bits per heavy atom. The molecule has 1 aromatic heterocycles. The Labute approximate surface area is 123 Å². The fourth-order valence-electron chi connectivity index (χ4n) is 2.25. The van der Waals surface area contributed by atoms with Crippen molar-refractivity contribution in [3.63, 3.8) is 0 Å². The van der Waals surface area contributed by atoms with E-state index in [0.29, 0.717) is 12.1 Å². The van der Waals surface area contributed by atoms with Crippen LogP contribution in [0.5, 0.6) is 0 Å². The minimum Gasteiger partial charge on any atom is -0.464 e. The number of aliphatic hydroxyl groups is 1. The zero-order valence-electron chi connectivity index (χ0n) is 12.4. The monoisotopic (exact) mass is 289 g/mol. The molecule has 0 radical (unpaired) electrons. The van der Waals surface area contributed by atoms with Crippen molar-refractivity contribution in [3.05, 3.63) is 47.3 Å². The van der Waals surface area contributed by atoms with Crippen molar-refractivity contribution in [3.8, 4) is 0 Å². The number of hydrogen-bond donors (Lipinski definition) is 1. The molecular formula is C15H19N3O3. The molecule has 1 aromatic carbocycles. The Morgan fingerprint density at radius 3 is 2.62 bits per heavy atom. The summed E-state index contributed by atoms with van der Waals surface area (Å²) >= 11 is 0. The molecule has 0 saturated carbocycles. The van der Waals surface area contributed by atoms with Crippen molar-refractivity contribution in [1.82, 2.24) is 15.0 Å². The number of benzene rings is 1. The quantitative estimate of drug-likeness (QED) is 0.845. The predicted molar refractivity (Wildman–Crippen MR) is 76.8 cm³/mol. The molecule has 0 bridgehead atoms. The molecule has 2 aromatic rings. The molecule has 6 nitrogen and oxygen atoms in total. The number of methoxy groups -OCH3 is 1. The van der Waals surface area contributed by atoms with Crippen molar-refractivity contribution in [2.75, 3.05) is 7.11 Å². The molecule has 2 rings (SSSR count). The fraction of sp³-hybridized carbons (Fsp3) is 0.400. The van der Waals surface area contributed by atoms with Gasteiger partial charge in [-0.1, -0.05) is 42.5 Å². The van der Waals surface area contributed by atoms with E-state index in [4.69, 9.17) is 0 Å². The van der Waals surface area contributed by atoms with Crippen molar-refractivity contribution in [2.24, 2.45) is 0 Å². The average Bonchev–Trinajstić information content (AvgIpc) is 2.89. The molecule has 0 aliphatic heterocycles. The SMILES string of the molecule is CCc1c(C(=O)OC)nnn1CC(C)(O)c1ccccc1. The number of carbonyl (C=O) groups is 1. The highest BCUT2D eigenvalue weighted by molar-refractivity contribution is 5.88. The number of aromatic nitrogens is 3. The van der Waals surface area contributed by atoms with Crippen molar-refractivity contribution < 1.29 is 14.6 Å². The van der Waals surface area contributed by atoms with Gasteiger partial charge in [0.15, 0.2) is 5.69 Å². The summed E-state index contributed by atoms with van der Waals surface area (Å²) in [7, 11) is 1.31. The third-order valence-corrected chi connectivity index (χ3v) is 3.40. The number of nitrogens with zero attached hydrogens (tertiary/aromatic N) is 3. The lowest BCUT2D eigenvalue weighted by molar-refractivity contribution is 0.0331. The van der Waals surface area contributed by atoms with Crippen LogP contribution in [-0.4, -0.2) is 33.2 Å². The highest BCUT2D eigenvalue weighted by Crippen LogP contribution is 2.23. The van der Waals surface area contributed by atoms with Gasteiger partial charge in [-0.05, 0) is 18.9 Å². The van der Waals surface area contributed by atoms with Crippen molar-refractivity contribution >= 4 is 5.97 Å². The molecule has 6 heteroatoms. The Kier molecular flexibility index (Phi) is 4.37. The van der Waals surface area contributed by atoms with Crippen LogP contribution in [0, 0.1) is 0 Å². The van der Waals surface area contributed by atoms with Gasteiger partial charge in [0.05, 0.1) is 19.3 Å². The van der Waals surface area contributed by atoms with Gasteiger partial charge in [0, 0.05) is 0 Å². The summed E-state index contributed by atoms with van der Waals surface area (Å²) in [6, 6.07) is 9.33. The van der Waals surface area contributed by atoms with Gasteiger partial charge in [-0.2, -0.15) is 0 Å². The van der Waals surface area contributed by atoms with Crippen LogP contribution in [0.1, 0.15) is 35.6 Å². The minimum atomic E-state index is -1.10. The molecule has 0 saturated heterocycles. The minimum absolute atomic E-state index is 0.198. The molecule has 21 heavy (non-hydrogen) atoms. The first-order chi connectivity index (χ1) is 9.99. The number of rotatable bonds is 5. The van der Waals surface area contributed by atoms with Crippen LogP contribution < -0.4 is 0 Å². The number of hydrogen-bond acceptors (Lipinski definition) is 5. The zero-order valence-corrected chi connectivity index (χ0v) is 12.4. The molecule has 112 valence electrons. The number of ether oxygens (including phenoxy) is 1. The van der Waals surface area contributed by atoms with E-state index in [1.165, 1.54) is 7.11 Å². The first-order valence-corrected chi connectivity index (χ1v) is 6.78. The standard InChI is InChI=1S/C15H19N3O3/c1-4-12-13(14(19)21-3)16-17-18(12)10-15(2,20)11-8-6-5-7-9-11/h5-9,20H,4,10H2,1-3H3. The van der Waals surface area contributed by atoms with Crippen LogP contribution in [0.4, 0.5) is 0 Å². The fourth-order valence-corrected chi connectivity index (χ4v) is 2.25. The third kappa shape index (κ3) is 3.11. The maximum absolute atomic E-state index is 11.6. The second-order valence-electron chi connectivity index (χ2n) is 5.03. The van der Waals surface area contributed by atoms with Crippen LogP contribution in [0.3, 0.4) is 0 Å². The molecule has 0 amide bonds. The number of esters is 1. The molecule has 0 aliphatic carbocycles. The Bertz CT molecular complexity index is 620. The predicted octanol–water partition coefficient (Wildman–Crippen LogP) is 1.53. The summed E-state index contributed by atoms with van der Waals surface area (Å²) in [6.07, 6.45) is 0.572. The van der Waals surface area contributed by atoms with Gasteiger partial charge in [0.1, 0.15) is 5.60 Å². The van der Waals surface area contributed by atoms with E-state index >= 15 is 0 Å². The lowest BCUT2D eigenvalue weighted by Gasteiger charge is -2.24. The first kappa shape index (κ1) is 15.2. The summed E-state index contributed by atoms with van der Waals surface area (Å²) in [6.45, 7) is 3.82. The van der Waals surface area contributed by atoms with Gasteiger partial charge in [-0.3, -0.25) is 0 Å². The van der Waals surface area contributed by atoms with Gasteiger partial charge < -0.3 is 9.84 Å². The second kappa shape index (κ2) is 6.05. The average molecular weight is 289 g/mol. The van der Waals surface area contributed by atoms with E-state index in [9.17, 15) is 9.90 Å². The summed E-state index contributed by atoms with van der Waals surface area (Å²) in [5.41, 5.74) is 0.524. The highest BCUT2D eigenvalue weighted by atomic mass is 16.5. The molecule has 0 fully saturated rings. The van der Waals surface area contributed by atoms with Gasteiger partial charge in [0.2, 0.25) is 0 Å². The Morgan fingerprint density at radius 1 is 1.38 bits per heavy atom. The Balaban J connectivity index is 2.31. The summed E-state index contributed by atoms with van der Waals surface area (Å²) in [5.74, 6) is -0.516. The first-order valence-electron chi connectivity index (χ1n) is 6.78. The van der Waals surface area contributed by atoms with Crippen LogP contribution >= 0.6 is 0 Å². The summed E-state index contributed by atoms with van der Waals surface area (Å²) in [5, 5.41) is 18.5. The van der Waals surface area contributed by atoms with Crippen molar-refractivity contribution in [2.45, 2.75) is 32.4 Å². The summed E-state index contributed by atoms with van der Waals surface area (Å²) < 4.78 is 6.24. The second-order valence-corrected chi connectivity index (χ2v) is 5.03. The van der Waals surface area contributed by atoms with Crippen molar-refractivity contribution in [1.29, 1.82) is 0 Å². The van der Waals surface area contributed by atoms with E-state index in [1.54, 1.807) is 11.6 Å². The maximum atomic E-state index is 11.6. The van der Waals surface area contributed by atoms with Gasteiger partial charge in [-0.25, -0.2) is 9.48 Å². The summed E-state index contributed by atoms with van der Waals surface area (Å²) in [4.78, 5) is 11.6. The van der Waals surface area contributed by atoms with E-state index in [-0.39, 0.29) is 12.2 Å². The molecule has 0 spiro atoms. The van der Waals surface area contributed by atoms with Gasteiger partial charge in [0.25, 0.3) is 0 Å². The topological polar surface area (TPSA) is 77.2 Å². The maximum Gasteiger partial charge on any atom is 0.360 e. The number of carbonyl (C=O) groups excluding carboxylic acids is 1. The molecule has 1 heterocycles. The largest absolute Gasteiger partial charge is 0.464 e. The van der Waals surface area contributed by atoms with Gasteiger partial charge >= 0.3 is 5.97 Å². The van der Waals surface area contributed by atoms with Crippen LogP contribution in [0.2, 0.25) is 0 Å². The Hall–Kier alpha value is -2.21. The van der Waals surface area contributed by atoms with E-state index < -0.39 is 11.6 Å². The molecule has 0 aliphatic rings. The molecule has 1 atom stereocenters. The molecular weight excluding hydrogens is 270 g/mol. The highest BCUT2D eigenvalue weighted by Gasteiger charge is 2.27. The van der Waals surface area contributed by atoms with Crippen LogP contribution in [0.25, 0.3) is 0 Å². The lowest BCUT2D eigenvalue weighted by Crippen LogP contribution is -2.29. The lowest BCUT2D eigenvalue weighted by atomic mass is 9.96. The van der Waals surface area contributed by atoms with E-state index in [0.717, 1.165) is 5.56 Å². The normalized spacial score (nSPS) is 13.7. The van der Waals surface area contributed by atoms with Crippen LogP contribution in [0.15, 0.2) is 30.3 Å². The third-order valence-electron chi connectivity index (χ3n) is 3.40. The van der Waals surface area contributed by atoms with Crippen LogP contribution in [-0.2, 0) is 23.3 Å². The van der Waals surface area contributed by atoms with E-state index in [1.807, 2.05) is 37.3 Å². The molecule has 1 N–H and O–H groups in total. The molecule has 1 unspecified atom stereocenters. The zero-order chi connectivity index (χ0) is 15.5.